The molecule has 0 fully saturated rings. The third-order valence-electron chi connectivity index (χ3n) is 4.99. The van der Waals surface area contributed by atoms with E-state index in [9.17, 15) is 14.7 Å². The number of unbranched alkanes of at least 4 members (excludes halogenated alkanes) is 1. The Morgan fingerprint density at radius 1 is 1.13 bits per heavy atom. The highest BCUT2D eigenvalue weighted by atomic mass is 16.6. The number of carbonyl (C=O) groups excluding carboxylic acids is 1. The van der Waals surface area contributed by atoms with E-state index in [1.165, 1.54) is 0 Å². The molecule has 1 aliphatic rings. The summed E-state index contributed by atoms with van der Waals surface area (Å²) in [4.78, 5) is 23.9. The van der Waals surface area contributed by atoms with Crippen molar-refractivity contribution in [3.05, 3.63) is 59.7 Å². The molecule has 1 atom stereocenters. The fourth-order valence-corrected chi connectivity index (χ4v) is 3.48. The van der Waals surface area contributed by atoms with Crippen LogP contribution >= 0.6 is 0 Å². The number of terminal acetylenes is 1. The second-order valence-electron chi connectivity index (χ2n) is 7.09. The van der Waals surface area contributed by atoms with Gasteiger partial charge in [0, 0.05) is 18.9 Å². The Morgan fingerprint density at radius 3 is 2.30 bits per heavy atom. The highest BCUT2D eigenvalue weighted by Crippen LogP contribution is 2.44. The van der Waals surface area contributed by atoms with Crippen LogP contribution in [-0.2, 0) is 14.3 Å². The first-order chi connectivity index (χ1) is 14.5. The van der Waals surface area contributed by atoms with Crippen molar-refractivity contribution in [1.82, 2.24) is 5.32 Å². The zero-order chi connectivity index (χ0) is 21.6. The van der Waals surface area contributed by atoms with Crippen LogP contribution in [0, 0.1) is 12.3 Å². The molecule has 30 heavy (non-hydrogen) atoms. The number of benzene rings is 2. The molecule has 4 N–H and O–H groups in total. The predicted octanol–water partition coefficient (Wildman–Crippen LogP) is 2.69. The summed E-state index contributed by atoms with van der Waals surface area (Å²) in [5.41, 5.74) is 8.03. The Hall–Kier alpha value is -3.34. The molecular formula is C23H24N2O5. The van der Waals surface area contributed by atoms with Crippen LogP contribution < -0.4 is 11.1 Å². The van der Waals surface area contributed by atoms with E-state index in [0.717, 1.165) is 22.3 Å². The lowest BCUT2D eigenvalue weighted by Crippen LogP contribution is -2.64. The fourth-order valence-electron chi connectivity index (χ4n) is 3.48. The topological polar surface area (TPSA) is 111 Å². The number of carboxylic acid groups (broad SMARTS) is 1. The van der Waals surface area contributed by atoms with Gasteiger partial charge in [-0.1, -0.05) is 48.5 Å². The number of hydrogen-bond acceptors (Lipinski definition) is 5. The van der Waals surface area contributed by atoms with Crippen molar-refractivity contribution in [1.29, 1.82) is 0 Å². The molecule has 7 nitrogen and oxygen atoms in total. The summed E-state index contributed by atoms with van der Waals surface area (Å²) in [5.74, 6) is 0.899. The van der Waals surface area contributed by atoms with E-state index >= 15 is 0 Å². The minimum absolute atomic E-state index is 0.0542. The van der Waals surface area contributed by atoms with Gasteiger partial charge in [0.15, 0.2) is 0 Å². The normalized spacial score (nSPS) is 14.1. The molecule has 0 saturated heterocycles. The number of nitrogens with one attached hydrogen (secondary N) is 1. The largest absolute Gasteiger partial charge is 0.478 e. The summed E-state index contributed by atoms with van der Waals surface area (Å²) < 4.78 is 10.6. The monoisotopic (exact) mass is 408 g/mol. The Labute approximate surface area is 175 Å². The third-order valence-corrected chi connectivity index (χ3v) is 4.99. The van der Waals surface area contributed by atoms with Gasteiger partial charge in [0.1, 0.15) is 6.61 Å². The number of nitrogens with two attached hydrogens (primary N) is 1. The Morgan fingerprint density at radius 2 is 1.73 bits per heavy atom. The van der Waals surface area contributed by atoms with E-state index in [-0.39, 0.29) is 19.1 Å². The highest BCUT2D eigenvalue weighted by Gasteiger charge is 2.37. The lowest BCUT2D eigenvalue weighted by molar-refractivity contribution is -0.147. The van der Waals surface area contributed by atoms with Crippen LogP contribution in [0.1, 0.15) is 29.9 Å². The summed E-state index contributed by atoms with van der Waals surface area (Å²) in [5, 5.41) is 11.6. The summed E-state index contributed by atoms with van der Waals surface area (Å²) >= 11 is 0. The van der Waals surface area contributed by atoms with Gasteiger partial charge in [-0.2, -0.15) is 0 Å². The van der Waals surface area contributed by atoms with Crippen molar-refractivity contribution in [2.24, 2.45) is 5.73 Å². The Balaban J connectivity index is 1.62. The summed E-state index contributed by atoms with van der Waals surface area (Å²) in [6.07, 6.45) is 5.31. The molecule has 2 aromatic carbocycles. The highest BCUT2D eigenvalue weighted by molar-refractivity contribution is 5.84. The molecular weight excluding hydrogens is 384 g/mol. The van der Waals surface area contributed by atoms with Crippen LogP contribution in [0.2, 0.25) is 0 Å². The van der Waals surface area contributed by atoms with E-state index in [4.69, 9.17) is 21.6 Å². The molecule has 0 aromatic heterocycles. The van der Waals surface area contributed by atoms with Gasteiger partial charge in [-0.25, -0.2) is 9.59 Å². The molecule has 0 bridgehead atoms. The first-order valence-electron chi connectivity index (χ1n) is 9.63. The van der Waals surface area contributed by atoms with Gasteiger partial charge in [-0.3, -0.25) is 11.1 Å². The van der Waals surface area contributed by atoms with Crippen LogP contribution in [0.15, 0.2) is 48.5 Å². The molecule has 3 rings (SSSR count). The number of carboxylic acids is 1. The maximum atomic E-state index is 12.3. The third kappa shape index (κ3) is 4.62. The summed E-state index contributed by atoms with van der Waals surface area (Å²) in [6.45, 7) is -0.113. The number of carbonyl (C=O) groups is 2. The molecule has 0 unspecified atom stereocenters. The lowest BCUT2D eigenvalue weighted by Gasteiger charge is -2.25. The van der Waals surface area contributed by atoms with E-state index < -0.39 is 24.3 Å². The first kappa shape index (κ1) is 21.4. The number of rotatable bonds is 9. The van der Waals surface area contributed by atoms with E-state index in [1.807, 2.05) is 48.5 Å². The van der Waals surface area contributed by atoms with Crippen molar-refractivity contribution in [2.75, 3.05) is 19.8 Å². The zero-order valence-electron chi connectivity index (χ0n) is 16.5. The molecule has 0 saturated carbocycles. The van der Waals surface area contributed by atoms with Crippen LogP contribution in [0.3, 0.4) is 0 Å². The molecule has 7 heteroatoms. The first-order valence-corrected chi connectivity index (χ1v) is 9.63. The second-order valence-corrected chi connectivity index (χ2v) is 7.09. The molecule has 2 aromatic rings. The minimum Gasteiger partial charge on any atom is -0.478 e. The molecule has 1 amide bonds. The predicted molar refractivity (Wildman–Crippen MR) is 112 cm³/mol. The Kier molecular flexibility index (Phi) is 6.72. The SMILES string of the molecule is C#CCCCOC[C@](N)(NC(=O)OCC1c2ccccc2-c2ccccc21)C(=O)O. The van der Waals surface area contributed by atoms with Gasteiger partial charge >= 0.3 is 12.1 Å². The van der Waals surface area contributed by atoms with Gasteiger partial charge in [0.05, 0.1) is 6.61 Å². The lowest BCUT2D eigenvalue weighted by atomic mass is 9.98. The van der Waals surface area contributed by atoms with E-state index in [2.05, 4.69) is 11.2 Å². The average molecular weight is 408 g/mol. The molecule has 0 heterocycles. The maximum Gasteiger partial charge on any atom is 0.409 e. The average Bonchev–Trinajstić information content (AvgIpc) is 3.06. The van der Waals surface area contributed by atoms with Gasteiger partial charge in [-0.15, -0.1) is 12.3 Å². The number of alkyl carbamates (subject to hydrolysis) is 1. The van der Waals surface area contributed by atoms with Crippen LogP contribution in [0.25, 0.3) is 11.1 Å². The van der Waals surface area contributed by atoms with Crippen LogP contribution in [0.5, 0.6) is 0 Å². The molecule has 0 spiro atoms. The number of hydrogen-bond donors (Lipinski definition) is 3. The molecule has 156 valence electrons. The smallest absolute Gasteiger partial charge is 0.409 e. The van der Waals surface area contributed by atoms with E-state index in [1.54, 1.807) is 0 Å². The number of ether oxygens (including phenoxy) is 2. The number of fused-ring (bicyclic) bond motifs is 3. The maximum absolute atomic E-state index is 12.3. The minimum atomic E-state index is -2.10. The zero-order valence-corrected chi connectivity index (χ0v) is 16.5. The number of aliphatic carboxylic acids is 1. The fraction of sp³-hybridized carbons (Fsp3) is 0.304. The standard InChI is InChI=1S/C23H24N2O5/c1-2-3-8-13-29-15-23(24,21(26)27)25-22(28)30-14-20-18-11-6-4-9-16(18)17-10-5-7-12-19(17)20/h1,4-7,9-12,20H,3,8,13-15,24H2,(H,25,28)(H,26,27)/t23-/m0/s1. The molecule has 0 radical (unpaired) electrons. The van der Waals surface area contributed by atoms with Gasteiger partial charge in [0.2, 0.25) is 5.66 Å². The van der Waals surface area contributed by atoms with Crippen molar-refractivity contribution in [3.63, 3.8) is 0 Å². The van der Waals surface area contributed by atoms with Crippen molar-refractivity contribution in [2.45, 2.75) is 24.4 Å². The molecule has 0 aliphatic heterocycles. The molecule has 1 aliphatic carbocycles. The van der Waals surface area contributed by atoms with Gasteiger partial charge in [-0.05, 0) is 28.7 Å². The van der Waals surface area contributed by atoms with Gasteiger partial charge < -0.3 is 14.6 Å². The van der Waals surface area contributed by atoms with Crippen molar-refractivity contribution >= 4 is 12.1 Å². The van der Waals surface area contributed by atoms with Gasteiger partial charge in [0.25, 0.3) is 0 Å². The van der Waals surface area contributed by atoms with Crippen molar-refractivity contribution < 1.29 is 24.2 Å². The summed E-state index contributed by atoms with van der Waals surface area (Å²) in [7, 11) is 0. The number of amides is 1. The van der Waals surface area contributed by atoms with E-state index in [0.29, 0.717) is 12.8 Å². The Bertz CT molecular complexity index is 923. The van der Waals surface area contributed by atoms with Crippen molar-refractivity contribution in [3.8, 4) is 23.5 Å². The van der Waals surface area contributed by atoms with Crippen LogP contribution in [-0.4, -0.2) is 42.7 Å². The second kappa shape index (κ2) is 9.44. The quantitative estimate of drug-likeness (QED) is 0.334. The summed E-state index contributed by atoms with van der Waals surface area (Å²) in [6, 6.07) is 15.8. The van der Waals surface area contributed by atoms with Crippen LogP contribution in [0.4, 0.5) is 4.79 Å².